The number of nitrogens with one attached hydrogen (secondary N) is 1. The fourth-order valence-electron chi connectivity index (χ4n) is 1.07. The van der Waals surface area contributed by atoms with E-state index in [9.17, 15) is 4.79 Å². The standard InChI is InChI=1S/C9H11NO2/c1-5-6(2)12-7(3)8(5)9(11)10-4/h1-2H2,3-4H3,(H,10,11). The second-order valence-electron chi connectivity index (χ2n) is 2.51. The zero-order valence-corrected chi connectivity index (χ0v) is 7.23. The Morgan fingerprint density at radius 1 is 1.50 bits per heavy atom. The molecule has 1 N–H and O–H groups in total. The number of hydrogen-bond acceptors (Lipinski definition) is 2. The van der Waals surface area contributed by atoms with E-state index in [1.54, 1.807) is 14.0 Å². The summed E-state index contributed by atoms with van der Waals surface area (Å²) < 4.78 is 5.13. The number of hydrogen-bond donors (Lipinski definition) is 1. The Morgan fingerprint density at radius 2 is 2.08 bits per heavy atom. The Labute approximate surface area is 70.4 Å². The molecular formula is C9H11NO2. The summed E-state index contributed by atoms with van der Waals surface area (Å²) in [6, 6.07) is 0. The summed E-state index contributed by atoms with van der Waals surface area (Å²) in [7, 11) is 1.57. The van der Waals surface area contributed by atoms with E-state index in [4.69, 9.17) is 4.42 Å². The Bertz CT molecular complexity index is 403. The summed E-state index contributed by atoms with van der Waals surface area (Å²) in [6.45, 7) is 9.02. The average molecular weight is 165 g/mol. The van der Waals surface area contributed by atoms with Crippen molar-refractivity contribution in [1.82, 2.24) is 5.32 Å². The monoisotopic (exact) mass is 165 g/mol. The van der Waals surface area contributed by atoms with Gasteiger partial charge in [-0.15, -0.1) is 0 Å². The van der Waals surface area contributed by atoms with Crippen LogP contribution >= 0.6 is 0 Å². The second kappa shape index (κ2) is 2.85. The summed E-state index contributed by atoms with van der Waals surface area (Å²) in [4.78, 5) is 11.2. The first-order valence-electron chi connectivity index (χ1n) is 3.57. The lowest BCUT2D eigenvalue weighted by atomic mass is 10.2. The third kappa shape index (κ3) is 1.13. The van der Waals surface area contributed by atoms with Crippen LogP contribution in [-0.2, 0) is 0 Å². The van der Waals surface area contributed by atoms with Gasteiger partial charge in [0, 0.05) is 12.3 Å². The third-order valence-electron chi connectivity index (χ3n) is 1.72. The van der Waals surface area contributed by atoms with Crippen LogP contribution in [0.2, 0.25) is 0 Å². The van der Waals surface area contributed by atoms with Gasteiger partial charge in [0.15, 0.2) is 0 Å². The molecule has 0 atom stereocenters. The second-order valence-corrected chi connectivity index (χ2v) is 2.51. The minimum Gasteiger partial charge on any atom is -0.461 e. The average Bonchev–Trinajstić information content (AvgIpc) is 2.26. The topological polar surface area (TPSA) is 42.2 Å². The molecule has 0 radical (unpaired) electrons. The van der Waals surface area contributed by atoms with Crippen molar-refractivity contribution >= 4 is 19.1 Å². The molecule has 64 valence electrons. The first-order chi connectivity index (χ1) is 5.57. The van der Waals surface area contributed by atoms with Gasteiger partial charge in [0.1, 0.15) is 11.2 Å². The molecule has 12 heavy (non-hydrogen) atoms. The summed E-state index contributed by atoms with van der Waals surface area (Å²) in [5.74, 6) is 0.375. The van der Waals surface area contributed by atoms with Gasteiger partial charge in [-0.25, -0.2) is 0 Å². The minimum absolute atomic E-state index is 0.184. The Kier molecular flexibility index (Phi) is 2.04. The molecule has 0 saturated heterocycles. The van der Waals surface area contributed by atoms with E-state index < -0.39 is 0 Å². The van der Waals surface area contributed by atoms with Crippen LogP contribution in [0.4, 0.5) is 0 Å². The SMILES string of the molecule is C=c1oc(C)c(C(=O)NC)c1=C. The first-order valence-corrected chi connectivity index (χ1v) is 3.57. The minimum atomic E-state index is -0.184. The van der Waals surface area contributed by atoms with Gasteiger partial charge in [0.05, 0.1) is 5.56 Å². The quantitative estimate of drug-likeness (QED) is 0.624. The number of carbonyl (C=O) groups excluding carboxylic acids is 1. The molecule has 0 aromatic carbocycles. The van der Waals surface area contributed by atoms with Crippen LogP contribution < -0.4 is 16.0 Å². The van der Waals surface area contributed by atoms with Crippen molar-refractivity contribution in [1.29, 1.82) is 0 Å². The van der Waals surface area contributed by atoms with Crippen LogP contribution in [0.15, 0.2) is 4.42 Å². The molecule has 0 unspecified atom stereocenters. The molecule has 0 fully saturated rings. The van der Waals surface area contributed by atoms with Gasteiger partial charge >= 0.3 is 0 Å². The number of furan rings is 1. The lowest BCUT2D eigenvalue weighted by molar-refractivity contribution is 0.0961. The fourth-order valence-corrected chi connectivity index (χ4v) is 1.07. The molecule has 0 bridgehead atoms. The first kappa shape index (κ1) is 8.59. The molecule has 0 aliphatic heterocycles. The number of rotatable bonds is 1. The molecular weight excluding hydrogens is 154 g/mol. The Balaban J connectivity index is 3.43. The molecule has 3 heteroatoms. The van der Waals surface area contributed by atoms with Crippen molar-refractivity contribution in [3.05, 3.63) is 22.0 Å². The van der Waals surface area contributed by atoms with Crippen LogP contribution in [0.5, 0.6) is 0 Å². The van der Waals surface area contributed by atoms with Gasteiger partial charge in [0.25, 0.3) is 5.91 Å². The number of carbonyl (C=O) groups is 1. The smallest absolute Gasteiger partial charge is 0.255 e. The van der Waals surface area contributed by atoms with Gasteiger partial charge < -0.3 is 9.73 Å². The summed E-state index contributed by atoms with van der Waals surface area (Å²) in [5, 5.41) is 3.07. The van der Waals surface area contributed by atoms with Gasteiger partial charge in [-0.1, -0.05) is 13.2 Å². The maximum atomic E-state index is 11.2. The summed E-state index contributed by atoms with van der Waals surface area (Å²) in [6.07, 6.45) is 0. The number of aryl methyl sites for hydroxylation is 1. The van der Waals surface area contributed by atoms with E-state index >= 15 is 0 Å². The van der Waals surface area contributed by atoms with Crippen LogP contribution in [0, 0.1) is 6.92 Å². The largest absolute Gasteiger partial charge is 0.461 e. The molecule has 0 aliphatic rings. The molecule has 0 aliphatic carbocycles. The predicted octanol–water partition coefficient (Wildman–Crippen LogP) is -0.232. The molecule has 1 amide bonds. The van der Waals surface area contributed by atoms with Crippen molar-refractivity contribution in [3.63, 3.8) is 0 Å². The highest BCUT2D eigenvalue weighted by molar-refractivity contribution is 5.95. The van der Waals surface area contributed by atoms with Gasteiger partial charge in [-0.3, -0.25) is 4.79 Å². The van der Waals surface area contributed by atoms with Crippen molar-refractivity contribution in [2.45, 2.75) is 6.92 Å². The lowest BCUT2D eigenvalue weighted by Crippen LogP contribution is -2.28. The molecule has 0 spiro atoms. The Hall–Kier alpha value is -1.51. The summed E-state index contributed by atoms with van der Waals surface area (Å²) in [5.41, 5.74) is 0.939. The Morgan fingerprint density at radius 3 is 2.42 bits per heavy atom. The van der Waals surface area contributed by atoms with Crippen LogP contribution in [0.25, 0.3) is 13.2 Å². The highest BCUT2D eigenvalue weighted by Crippen LogP contribution is 1.98. The van der Waals surface area contributed by atoms with Gasteiger partial charge in [-0.05, 0) is 6.92 Å². The molecule has 1 aromatic heterocycles. The van der Waals surface area contributed by atoms with Crippen molar-refractivity contribution in [2.75, 3.05) is 7.05 Å². The maximum absolute atomic E-state index is 11.2. The maximum Gasteiger partial charge on any atom is 0.255 e. The number of amides is 1. The fraction of sp³-hybridized carbons (Fsp3) is 0.222. The molecule has 1 heterocycles. The summed E-state index contributed by atoms with van der Waals surface area (Å²) >= 11 is 0. The predicted molar refractivity (Wildman–Crippen MR) is 47.1 cm³/mol. The van der Waals surface area contributed by atoms with Crippen LogP contribution in [-0.4, -0.2) is 13.0 Å². The molecule has 1 rings (SSSR count). The molecule has 1 aromatic rings. The van der Waals surface area contributed by atoms with Crippen molar-refractivity contribution < 1.29 is 9.21 Å². The molecule has 3 nitrogen and oxygen atoms in total. The van der Waals surface area contributed by atoms with E-state index in [1.807, 2.05) is 0 Å². The zero-order valence-electron chi connectivity index (χ0n) is 7.23. The molecule has 0 saturated carbocycles. The van der Waals surface area contributed by atoms with Crippen molar-refractivity contribution in [2.24, 2.45) is 0 Å². The normalized spacial score (nSPS) is 9.83. The third-order valence-corrected chi connectivity index (χ3v) is 1.72. The van der Waals surface area contributed by atoms with Crippen LogP contribution in [0.1, 0.15) is 16.1 Å². The lowest BCUT2D eigenvalue weighted by Gasteiger charge is -1.94. The van der Waals surface area contributed by atoms with E-state index in [-0.39, 0.29) is 5.91 Å². The zero-order chi connectivity index (χ0) is 9.30. The highest BCUT2D eigenvalue weighted by Gasteiger charge is 2.11. The van der Waals surface area contributed by atoms with Crippen molar-refractivity contribution in [3.8, 4) is 0 Å². The van der Waals surface area contributed by atoms with Gasteiger partial charge in [-0.2, -0.15) is 0 Å². The van der Waals surface area contributed by atoms with E-state index in [0.29, 0.717) is 22.0 Å². The van der Waals surface area contributed by atoms with E-state index in [1.165, 1.54) is 0 Å². The highest BCUT2D eigenvalue weighted by atomic mass is 16.3. The van der Waals surface area contributed by atoms with E-state index in [2.05, 4.69) is 18.5 Å². The van der Waals surface area contributed by atoms with Gasteiger partial charge in [0.2, 0.25) is 0 Å². The van der Waals surface area contributed by atoms with Crippen LogP contribution in [0.3, 0.4) is 0 Å². The van der Waals surface area contributed by atoms with E-state index in [0.717, 1.165) is 0 Å².